The number of hydrogen-bond donors (Lipinski definition) is 1. The summed E-state index contributed by atoms with van der Waals surface area (Å²) in [6, 6.07) is 5.31. The molecular weight excluding hydrogens is 272 g/mol. The molecule has 0 saturated heterocycles. The van der Waals surface area contributed by atoms with E-state index in [2.05, 4.69) is 5.32 Å². The second-order valence-electron chi connectivity index (χ2n) is 3.50. The van der Waals surface area contributed by atoms with Crippen LogP contribution in [0.3, 0.4) is 0 Å². The van der Waals surface area contributed by atoms with Gasteiger partial charge in [-0.15, -0.1) is 11.6 Å². The minimum atomic E-state index is -4.60. The van der Waals surface area contributed by atoms with E-state index in [0.29, 0.717) is 0 Å². The van der Waals surface area contributed by atoms with Crippen LogP contribution < -0.4 is 5.32 Å². The van der Waals surface area contributed by atoms with E-state index in [1.165, 1.54) is 12.1 Å². The summed E-state index contributed by atoms with van der Waals surface area (Å²) in [6.07, 6.45) is 0. The number of halogens is 3. The highest BCUT2D eigenvalue weighted by atomic mass is 35.5. The van der Waals surface area contributed by atoms with E-state index in [1.54, 1.807) is 13.0 Å². The number of para-hydroxylation sites is 1. The molecule has 1 atom stereocenters. The predicted octanol–water partition coefficient (Wildman–Crippen LogP) is 2.72. The van der Waals surface area contributed by atoms with Gasteiger partial charge in [0.05, 0.1) is 10.6 Å². The molecule has 17 heavy (non-hydrogen) atoms. The molecule has 0 amide bonds. The number of anilines is 1. The highest BCUT2D eigenvalue weighted by molar-refractivity contribution is 7.91. The molecule has 0 bridgehead atoms. The zero-order valence-corrected chi connectivity index (χ0v) is 10.6. The van der Waals surface area contributed by atoms with Crippen LogP contribution in [0.1, 0.15) is 6.92 Å². The Labute approximate surface area is 104 Å². The van der Waals surface area contributed by atoms with Gasteiger partial charge in [-0.1, -0.05) is 12.1 Å². The molecule has 1 unspecified atom stereocenters. The normalized spacial score (nSPS) is 13.7. The maximum absolute atomic E-state index is 12.5. The van der Waals surface area contributed by atoms with Crippen LogP contribution in [0.25, 0.3) is 0 Å². The fraction of sp³-hybridized carbons (Fsp3) is 0.400. The lowest BCUT2D eigenvalue weighted by Crippen LogP contribution is -2.20. The molecule has 0 aliphatic heterocycles. The van der Waals surface area contributed by atoms with Crippen molar-refractivity contribution in [3.8, 4) is 0 Å². The molecule has 0 saturated carbocycles. The van der Waals surface area contributed by atoms with Gasteiger partial charge in [0.15, 0.2) is 0 Å². The summed E-state index contributed by atoms with van der Waals surface area (Å²) in [7, 11) is -4.60. The molecular formula is C10H12ClF2NO2S. The van der Waals surface area contributed by atoms with E-state index >= 15 is 0 Å². The quantitative estimate of drug-likeness (QED) is 0.845. The molecule has 3 nitrogen and oxygen atoms in total. The van der Waals surface area contributed by atoms with Crippen LogP contribution in [-0.4, -0.2) is 26.1 Å². The van der Waals surface area contributed by atoms with Crippen LogP contribution in [0.15, 0.2) is 29.2 Å². The summed E-state index contributed by atoms with van der Waals surface area (Å²) in [4.78, 5) is -0.410. The number of sulfone groups is 1. The van der Waals surface area contributed by atoms with Crippen molar-refractivity contribution in [2.24, 2.45) is 0 Å². The number of hydrogen-bond acceptors (Lipinski definition) is 3. The van der Waals surface area contributed by atoms with Crippen molar-refractivity contribution in [2.45, 2.75) is 23.6 Å². The molecule has 0 aliphatic rings. The van der Waals surface area contributed by atoms with Crippen molar-refractivity contribution in [1.82, 2.24) is 0 Å². The lowest BCUT2D eigenvalue weighted by Gasteiger charge is -2.15. The van der Waals surface area contributed by atoms with E-state index in [1.807, 2.05) is 0 Å². The minimum absolute atomic E-state index is 0.140. The fourth-order valence-corrected chi connectivity index (χ4v) is 2.20. The first kappa shape index (κ1) is 14.2. The van der Waals surface area contributed by atoms with Crippen molar-refractivity contribution < 1.29 is 17.2 Å². The Morgan fingerprint density at radius 1 is 1.35 bits per heavy atom. The van der Waals surface area contributed by atoms with Crippen molar-refractivity contribution in [2.75, 3.05) is 11.2 Å². The first-order chi connectivity index (χ1) is 7.89. The lowest BCUT2D eigenvalue weighted by molar-refractivity contribution is 0.235. The van der Waals surface area contributed by atoms with Gasteiger partial charge >= 0.3 is 5.76 Å². The van der Waals surface area contributed by atoms with Gasteiger partial charge in [0.1, 0.15) is 0 Å². The summed E-state index contributed by atoms with van der Waals surface area (Å²) in [5.74, 6) is -3.19. The van der Waals surface area contributed by atoms with Gasteiger partial charge in [0, 0.05) is 11.9 Å². The Morgan fingerprint density at radius 2 is 1.94 bits per heavy atom. The molecule has 1 rings (SSSR count). The lowest BCUT2D eigenvalue weighted by atomic mass is 10.3. The van der Waals surface area contributed by atoms with E-state index in [0.717, 1.165) is 6.07 Å². The van der Waals surface area contributed by atoms with Crippen LogP contribution in [0, 0.1) is 0 Å². The van der Waals surface area contributed by atoms with Crippen molar-refractivity contribution in [1.29, 1.82) is 0 Å². The Kier molecular flexibility index (Phi) is 4.70. The Hall–Kier alpha value is -0.880. The number of benzene rings is 1. The first-order valence-corrected chi connectivity index (χ1v) is 6.91. The Morgan fingerprint density at radius 3 is 2.47 bits per heavy atom. The van der Waals surface area contributed by atoms with Gasteiger partial charge in [-0.3, -0.25) is 0 Å². The standard InChI is InChI=1S/C10H12ClF2NO2S/c1-7(6-11)14-8-4-2-3-5-9(8)17(15,16)10(12)13/h2-5,7,10,14H,6H2,1H3. The van der Waals surface area contributed by atoms with Crippen LogP contribution in [0.2, 0.25) is 0 Å². The second-order valence-corrected chi connectivity index (χ2v) is 5.70. The number of alkyl halides is 3. The molecule has 0 aliphatic carbocycles. The Balaban J connectivity index is 3.17. The summed E-state index contributed by atoms with van der Waals surface area (Å²) in [6.45, 7) is 1.72. The predicted molar refractivity (Wildman–Crippen MR) is 63.4 cm³/mol. The summed E-state index contributed by atoms with van der Waals surface area (Å²) in [5.41, 5.74) is 0.140. The molecule has 1 aromatic carbocycles. The van der Waals surface area contributed by atoms with Crippen LogP contribution in [0.4, 0.5) is 14.5 Å². The smallest absolute Gasteiger partial charge is 0.341 e. The summed E-state index contributed by atoms with van der Waals surface area (Å²) < 4.78 is 47.7. The third kappa shape index (κ3) is 3.29. The largest absolute Gasteiger partial charge is 0.380 e. The maximum Gasteiger partial charge on any atom is 0.341 e. The van der Waals surface area contributed by atoms with Gasteiger partial charge in [0.25, 0.3) is 0 Å². The zero-order chi connectivity index (χ0) is 13.1. The van der Waals surface area contributed by atoms with E-state index in [4.69, 9.17) is 11.6 Å². The number of nitrogens with one attached hydrogen (secondary N) is 1. The number of rotatable bonds is 5. The third-order valence-corrected chi connectivity index (χ3v) is 3.96. The van der Waals surface area contributed by atoms with E-state index in [9.17, 15) is 17.2 Å². The topological polar surface area (TPSA) is 46.2 Å². The first-order valence-electron chi connectivity index (χ1n) is 4.83. The molecule has 1 N–H and O–H groups in total. The van der Waals surface area contributed by atoms with Gasteiger partial charge in [0.2, 0.25) is 9.84 Å². The van der Waals surface area contributed by atoms with Gasteiger partial charge in [-0.05, 0) is 19.1 Å². The molecule has 7 heteroatoms. The molecule has 0 spiro atoms. The zero-order valence-electron chi connectivity index (χ0n) is 9.03. The summed E-state index contributed by atoms with van der Waals surface area (Å²) in [5, 5.41) is 2.78. The second kappa shape index (κ2) is 5.64. The molecule has 96 valence electrons. The third-order valence-electron chi connectivity index (χ3n) is 2.06. The molecule has 0 radical (unpaired) electrons. The van der Waals surface area contributed by atoms with Crippen LogP contribution in [-0.2, 0) is 9.84 Å². The van der Waals surface area contributed by atoms with Gasteiger partial charge in [-0.2, -0.15) is 8.78 Å². The monoisotopic (exact) mass is 283 g/mol. The summed E-state index contributed by atoms with van der Waals surface area (Å²) >= 11 is 5.57. The molecule has 0 aromatic heterocycles. The SMILES string of the molecule is CC(CCl)Nc1ccccc1S(=O)(=O)C(F)F. The molecule has 0 fully saturated rings. The average Bonchev–Trinajstić information content (AvgIpc) is 2.29. The fourth-order valence-electron chi connectivity index (χ4n) is 1.23. The van der Waals surface area contributed by atoms with E-state index < -0.39 is 20.5 Å². The molecule has 1 aromatic rings. The maximum atomic E-state index is 12.5. The molecule has 0 heterocycles. The van der Waals surface area contributed by atoms with Crippen molar-refractivity contribution in [3.63, 3.8) is 0 Å². The van der Waals surface area contributed by atoms with Crippen LogP contribution >= 0.6 is 11.6 Å². The van der Waals surface area contributed by atoms with Gasteiger partial charge in [-0.25, -0.2) is 8.42 Å². The van der Waals surface area contributed by atoms with Crippen LogP contribution in [0.5, 0.6) is 0 Å². The Bertz CT molecular complexity index is 479. The average molecular weight is 284 g/mol. The van der Waals surface area contributed by atoms with Crippen molar-refractivity contribution >= 4 is 27.1 Å². The van der Waals surface area contributed by atoms with Gasteiger partial charge < -0.3 is 5.32 Å². The highest BCUT2D eigenvalue weighted by Gasteiger charge is 2.29. The van der Waals surface area contributed by atoms with E-state index in [-0.39, 0.29) is 17.6 Å². The van der Waals surface area contributed by atoms with Crippen molar-refractivity contribution in [3.05, 3.63) is 24.3 Å². The highest BCUT2D eigenvalue weighted by Crippen LogP contribution is 2.26. The minimum Gasteiger partial charge on any atom is -0.380 e.